The number of pyridine rings is 1. The van der Waals surface area contributed by atoms with E-state index >= 15 is 0 Å². The number of aromatic nitrogens is 1. The Labute approximate surface area is 129 Å². The van der Waals surface area contributed by atoms with E-state index in [-0.39, 0.29) is 11.7 Å². The van der Waals surface area contributed by atoms with Crippen LogP contribution < -0.4 is 5.32 Å². The molecule has 1 atom stereocenters. The summed E-state index contributed by atoms with van der Waals surface area (Å²) in [6, 6.07) is 5.52. The van der Waals surface area contributed by atoms with Crippen LogP contribution in [-0.2, 0) is 0 Å². The van der Waals surface area contributed by atoms with Crippen molar-refractivity contribution in [2.75, 3.05) is 5.32 Å². The molecular formula is C13H14BrN3O2S. The predicted molar refractivity (Wildman–Crippen MR) is 84.2 cm³/mol. The van der Waals surface area contributed by atoms with Crippen molar-refractivity contribution in [3.8, 4) is 0 Å². The molecule has 0 aromatic carbocycles. The highest BCUT2D eigenvalue weighted by atomic mass is 79.9. The van der Waals surface area contributed by atoms with E-state index in [2.05, 4.69) is 33.2 Å². The van der Waals surface area contributed by atoms with Crippen LogP contribution in [0.5, 0.6) is 0 Å². The summed E-state index contributed by atoms with van der Waals surface area (Å²) >= 11 is 4.85. The minimum Gasteiger partial charge on any atom is -0.357 e. The fourth-order valence-corrected chi connectivity index (χ4v) is 3.04. The predicted octanol–water partition coefficient (Wildman–Crippen LogP) is 4.77. The zero-order valence-electron chi connectivity index (χ0n) is 10.9. The molecule has 5 nitrogen and oxygen atoms in total. The molecule has 2 aromatic heterocycles. The van der Waals surface area contributed by atoms with Crippen molar-refractivity contribution in [2.45, 2.75) is 25.8 Å². The van der Waals surface area contributed by atoms with Gasteiger partial charge in [-0.2, -0.15) is 0 Å². The van der Waals surface area contributed by atoms with E-state index < -0.39 is 4.92 Å². The zero-order valence-corrected chi connectivity index (χ0v) is 13.3. The van der Waals surface area contributed by atoms with Gasteiger partial charge in [0, 0.05) is 21.6 Å². The maximum atomic E-state index is 11.1. The largest absolute Gasteiger partial charge is 0.357 e. The van der Waals surface area contributed by atoms with Crippen molar-refractivity contribution in [3.05, 3.63) is 49.2 Å². The fraction of sp³-hybridized carbons (Fsp3) is 0.308. The molecule has 2 rings (SSSR count). The molecule has 20 heavy (non-hydrogen) atoms. The molecule has 0 aliphatic carbocycles. The zero-order chi connectivity index (χ0) is 14.5. The molecule has 7 heteroatoms. The monoisotopic (exact) mass is 355 g/mol. The van der Waals surface area contributed by atoms with Gasteiger partial charge >= 0.3 is 5.69 Å². The van der Waals surface area contributed by atoms with Gasteiger partial charge in [-0.15, -0.1) is 11.3 Å². The molecule has 106 valence electrons. The Kier molecular flexibility index (Phi) is 5.08. The number of nitrogens with zero attached hydrogens (tertiary/aromatic N) is 2. The first-order chi connectivity index (χ1) is 9.61. The van der Waals surface area contributed by atoms with Gasteiger partial charge in [0.15, 0.2) is 0 Å². The van der Waals surface area contributed by atoms with Crippen molar-refractivity contribution >= 4 is 38.8 Å². The molecule has 2 aromatic rings. The normalized spacial score (nSPS) is 12.1. The van der Waals surface area contributed by atoms with Crippen LogP contribution in [0.15, 0.2) is 34.2 Å². The number of anilines is 1. The summed E-state index contributed by atoms with van der Waals surface area (Å²) in [6.45, 7) is 2.09. The summed E-state index contributed by atoms with van der Waals surface area (Å²) in [4.78, 5) is 16.0. The quantitative estimate of drug-likeness (QED) is 0.598. The highest BCUT2D eigenvalue weighted by molar-refractivity contribution is 9.10. The van der Waals surface area contributed by atoms with Crippen LogP contribution in [0.25, 0.3) is 0 Å². The molecular weight excluding hydrogens is 342 g/mol. The number of thiophene rings is 1. The first-order valence-corrected chi connectivity index (χ1v) is 7.89. The number of halogens is 1. The first kappa shape index (κ1) is 14.9. The van der Waals surface area contributed by atoms with Crippen LogP contribution in [-0.4, -0.2) is 9.91 Å². The topological polar surface area (TPSA) is 68.1 Å². The minimum absolute atomic E-state index is 0.0166. The summed E-state index contributed by atoms with van der Waals surface area (Å²) < 4.78 is 0.595. The van der Waals surface area contributed by atoms with E-state index in [1.54, 1.807) is 17.5 Å². The molecule has 1 unspecified atom stereocenters. The maximum absolute atomic E-state index is 11.1. The molecule has 0 bridgehead atoms. The Bertz CT molecular complexity index is 589. The summed E-state index contributed by atoms with van der Waals surface area (Å²) in [6.07, 6.45) is 3.45. The van der Waals surface area contributed by atoms with Gasteiger partial charge in [0.1, 0.15) is 0 Å². The average molecular weight is 356 g/mol. The summed E-state index contributed by atoms with van der Waals surface area (Å²) in [7, 11) is 0. The Morgan fingerprint density at radius 2 is 2.40 bits per heavy atom. The van der Waals surface area contributed by atoms with Crippen molar-refractivity contribution < 1.29 is 4.92 Å². The van der Waals surface area contributed by atoms with Gasteiger partial charge < -0.3 is 5.32 Å². The van der Waals surface area contributed by atoms with Crippen LogP contribution >= 0.6 is 27.3 Å². The number of nitrogens with one attached hydrogen (secondary N) is 1. The van der Waals surface area contributed by atoms with Gasteiger partial charge in [0.25, 0.3) is 0 Å². The minimum atomic E-state index is -0.419. The second kappa shape index (κ2) is 6.81. The lowest BCUT2D eigenvalue weighted by molar-refractivity contribution is -0.384. The molecule has 0 saturated heterocycles. The number of rotatable bonds is 6. The van der Waals surface area contributed by atoms with E-state index in [0.717, 1.165) is 17.7 Å². The molecule has 2 heterocycles. The van der Waals surface area contributed by atoms with E-state index in [1.165, 1.54) is 6.07 Å². The third-order valence-electron chi connectivity index (χ3n) is 2.81. The van der Waals surface area contributed by atoms with Crippen molar-refractivity contribution in [1.82, 2.24) is 4.98 Å². The van der Waals surface area contributed by atoms with Crippen LogP contribution in [0.3, 0.4) is 0 Å². The van der Waals surface area contributed by atoms with E-state index in [9.17, 15) is 10.1 Å². The van der Waals surface area contributed by atoms with Crippen LogP contribution in [0.4, 0.5) is 11.5 Å². The first-order valence-electron chi connectivity index (χ1n) is 6.21. The van der Waals surface area contributed by atoms with Gasteiger partial charge in [-0.05, 0) is 33.8 Å². The number of nitro groups is 1. The van der Waals surface area contributed by atoms with Gasteiger partial charge in [0.05, 0.1) is 11.0 Å². The molecule has 1 N–H and O–H groups in total. The maximum Gasteiger partial charge on any atom is 0.312 e. The van der Waals surface area contributed by atoms with E-state index in [0.29, 0.717) is 10.3 Å². The summed E-state index contributed by atoms with van der Waals surface area (Å²) in [5.41, 5.74) is -0.0166. The molecule has 0 saturated carbocycles. The average Bonchev–Trinajstić information content (AvgIpc) is 2.93. The second-order valence-corrected chi connectivity index (χ2v) is 6.17. The Morgan fingerprint density at radius 3 is 3.00 bits per heavy atom. The Balaban J connectivity index is 2.29. The van der Waals surface area contributed by atoms with Crippen LogP contribution in [0.2, 0.25) is 0 Å². The Hall–Kier alpha value is -1.47. The van der Waals surface area contributed by atoms with Crippen LogP contribution in [0, 0.1) is 10.1 Å². The standard InChI is InChI=1S/C13H14BrN3O2S/c1-2-4-10(12-5-3-6-20-12)16-13-11(17(18)19)7-9(14)8-15-13/h3,5-8,10H,2,4H2,1H3,(H,15,16). The van der Waals surface area contributed by atoms with Gasteiger partial charge in [0.2, 0.25) is 5.82 Å². The lowest BCUT2D eigenvalue weighted by Crippen LogP contribution is -2.11. The lowest BCUT2D eigenvalue weighted by atomic mass is 10.1. The highest BCUT2D eigenvalue weighted by Gasteiger charge is 2.20. The van der Waals surface area contributed by atoms with Crippen molar-refractivity contribution in [3.63, 3.8) is 0 Å². The fourth-order valence-electron chi connectivity index (χ4n) is 1.91. The third kappa shape index (κ3) is 3.55. The Morgan fingerprint density at radius 1 is 1.60 bits per heavy atom. The lowest BCUT2D eigenvalue weighted by Gasteiger charge is -2.17. The highest BCUT2D eigenvalue weighted by Crippen LogP contribution is 2.31. The van der Waals surface area contributed by atoms with E-state index in [4.69, 9.17) is 0 Å². The smallest absolute Gasteiger partial charge is 0.312 e. The van der Waals surface area contributed by atoms with Gasteiger partial charge in [-0.25, -0.2) is 4.98 Å². The molecule has 0 aliphatic heterocycles. The number of hydrogen-bond donors (Lipinski definition) is 1. The molecule has 0 spiro atoms. The van der Waals surface area contributed by atoms with Gasteiger partial charge in [-0.1, -0.05) is 19.4 Å². The SMILES string of the molecule is CCCC(Nc1ncc(Br)cc1[N+](=O)[O-])c1cccs1. The second-order valence-electron chi connectivity index (χ2n) is 4.28. The molecule has 0 fully saturated rings. The van der Waals surface area contributed by atoms with Crippen LogP contribution in [0.1, 0.15) is 30.7 Å². The molecule has 0 amide bonds. The van der Waals surface area contributed by atoms with E-state index in [1.807, 2.05) is 17.5 Å². The molecule has 0 radical (unpaired) electrons. The summed E-state index contributed by atoms with van der Waals surface area (Å²) in [5.74, 6) is 0.310. The number of hydrogen-bond acceptors (Lipinski definition) is 5. The van der Waals surface area contributed by atoms with Crippen molar-refractivity contribution in [2.24, 2.45) is 0 Å². The van der Waals surface area contributed by atoms with Gasteiger partial charge in [-0.3, -0.25) is 10.1 Å². The summed E-state index contributed by atoms with van der Waals surface area (Å²) in [5, 5.41) is 16.3. The van der Waals surface area contributed by atoms with Crippen molar-refractivity contribution in [1.29, 1.82) is 0 Å². The molecule has 0 aliphatic rings. The third-order valence-corrected chi connectivity index (χ3v) is 4.23.